The van der Waals surface area contributed by atoms with E-state index in [2.05, 4.69) is 20.2 Å². The molecule has 0 amide bonds. The maximum atomic E-state index is 13.4. The average molecular weight is 499 g/mol. The minimum atomic E-state index is -0.487. The summed E-state index contributed by atoms with van der Waals surface area (Å²) >= 11 is 19.2. The van der Waals surface area contributed by atoms with Gasteiger partial charge in [0, 0.05) is 27.8 Å². The van der Waals surface area contributed by atoms with Crippen molar-refractivity contribution >= 4 is 51.5 Å². The van der Waals surface area contributed by atoms with Crippen LogP contribution in [0.2, 0.25) is 15.2 Å². The Bertz CT molecular complexity index is 1510. The maximum absolute atomic E-state index is 13.4. The molecule has 0 atom stereocenters. The van der Waals surface area contributed by atoms with Gasteiger partial charge in [-0.25, -0.2) is 4.98 Å². The quantitative estimate of drug-likeness (QED) is 0.275. The molecule has 0 saturated carbocycles. The van der Waals surface area contributed by atoms with Crippen molar-refractivity contribution in [2.45, 2.75) is 13.5 Å². The predicted octanol–water partition coefficient (Wildman–Crippen LogP) is 6.03. The normalized spacial score (nSPS) is 11.3. The second kappa shape index (κ2) is 8.59. The molecule has 0 radical (unpaired) electrons. The van der Waals surface area contributed by atoms with Crippen LogP contribution in [-0.2, 0) is 6.54 Å². The molecular weight excluding hydrogens is 485 g/mol. The smallest absolute Gasteiger partial charge is 0.289 e. The van der Waals surface area contributed by atoms with Crippen LogP contribution in [-0.4, -0.2) is 30.5 Å². The zero-order valence-electron chi connectivity index (χ0n) is 17.1. The minimum Gasteiger partial charge on any atom is -0.412 e. The molecule has 3 aromatic heterocycles. The molecule has 5 aromatic rings. The van der Waals surface area contributed by atoms with Gasteiger partial charge < -0.3 is 8.98 Å². The first-order chi connectivity index (χ1) is 15.9. The lowest BCUT2D eigenvalue weighted by Gasteiger charge is -2.10. The fourth-order valence-electron chi connectivity index (χ4n) is 3.56. The fraction of sp³-hybridized carbons (Fsp3) is 0.0870. The number of carbonyl (C=O) groups is 1. The molecule has 0 bridgehead atoms. The van der Waals surface area contributed by atoms with Crippen molar-refractivity contribution in [3.63, 3.8) is 0 Å². The Balaban J connectivity index is 1.61. The summed E-state index contributed by atoms with van der Waals surface area (Å²) in [5.41, 5.74) is 3.19. The summed E-state index contributed by atoms with van der Waals surface area (Å²) in [5, 5.41) is 9.81. The van der Waals surface area contributed by atoms with Crippen molar-refractivity contribution < 1.29 is 9.21 Å². The Morgan fingerprint density at radius 2 is 1.91 bits per heavy atom. The number of fused-ring (bicyclic) bond motifs is 1. The molecule has 2 aromatic carbocycles. The van der Waals surface area contributed by atoms with Gasteiger partial charge in [-0.15, -0.1) is 10.2 Å². The van der Waals surface area contributed by atoms with Crippen LogP contribution in [0.5, 0.6) is 0 Å². The van der Waals surface area contributed by atoms with E-state index in [0.29, 0.717) is 27.7 Å². The first-order valence-electron chi connectivity index (χ1n) is 9.79. The molecule has 33 heavy (non-hydrogen) atoms. The highest BCUT2D eigenvalue weighted by molar-refractivity contribution is 6.37. The van der Waals surface area contributed by atoms with Crippen molar-refractivity contribution in [2.75, 3.05) is 0 Å². The van der Waals surface area contributed by atoms with E-state index in [0.717, 1.165) is 16.6 Å². The van der Waals surface area contributed by atoms with E-state index >= 15 is 0 Å². The monoisotopic (exact) mass is 497 g/mol. The SMILES string of the molecule is Cc1ccc2c(c1)c(C(=O)c1nnc(-c3cnccn3)o1)c(Cl)n2Cc1ccc(Cl)cc1Cl. The van der Waals surface area contributed by atoms with E-state index in [-0.39, 0.29) is 22.5 Å². The zero-order chi connectivity index (χ0) is 23.1. The van der Waals surface area contributed by atoms with Crippen molar-refractivity contribution in [1.82, 2.24) is 24.7 Å². The average Bonchev–Trinajstić information content (AvgIpc) is 3.39. The van der Waals surface area contributed by atoms with E-state index in [4.69, 9.17) is 39.2 Å². The minimum absolute atomic E-state index is 0.0930. The molecule has 10 heteroatoms. The number of hydrogen-bond donors (Lipinski definition) is 0. The van der Waals surface area contributed by atoms with Crippen LogP contribution < -0.4 is 0 Å². The van der Waals surface area contributed by atoms with Crippen LogP contribution in [0.15, 0.2) is 59.4 Å². The Hall–Kier alpha value is -3.26. The number of aromatic nitrogens is 5. The van der Waals surface area contributed by atoms with Crippen molar-refractivity contribution in [1.29, 1.82) is 0 Å². The summed E-state index contributed by atoms with van der Waals surface area (Å²) < 4.78 is 7.42. The third kappa shape index (κ3) is 3.99. The van der Waals surface area contributed by atoms with Gasteiger partial charge in [-0.2, -0.15) is 0 Å². The Labute approximate surface area is 203 Å². The molecule has 164 valence electrons. The topological polar surface area (TPSA) is 86.7 Å². The van der Waals surface area contributed by atoms with Crippen LogP contribution >= 0.6 is 34.8 Å². The van der Waals surface area contributed by atoms with E-state index in [1.54, 1.807) is 12.1 Å². The van der Waals surface area contributed by atoms with Gasteiger partial charge in [0.2, 0.25) is 0 Å². The predicted molar refractivity (Wildman–Crippen MR) is 126 cm³/mol. The summed E-state index contributed by atoms with van der Waals surface area (Å²) in [7, 11) is 0. The van der Waals surface area contributed by atoms with Crippen LogP contribution in [0.25, 0.3) is 22.5 Å². The molecule has 3 heterocycles. The molecule has 7 nitrogen and oxygen atoms in total. The van der Waals surface area contributed by atoms with Crippen molar-refractivity contribution in [3.05, 3.63) is 92.8 Å². The van der Waals surface area contributed by atoms with Gasteiger partial charge in [-0.1, -0.05) is 52.5 Å². The van der Waals surface area contributed by atoms with Gasteiger partial charge >= 0.3 is 0 Å². The van der Waals surface area contributed by atoms with E-state index in [9.17, 15) is 4.79 Å². The lowest BCUT2D eigenvalue weighted by Crippen LogP contribution is -2.04. The molecule has 0 aliphatic rings. The summed E-state index contributed by atoms with van der Waals surface area (Å²) in [6, 6.07) is 11.0. The van der Waals surface area contributed by atoms with E-state index < -0.39 is 5.78 Å². The maximum Gasteiger partial charge on any atom is 0.289 e. The van der Waals surface area contributed by atoms with Gasteiger partial charge in [0.1, 0.15) is 10.8 Å². The number of benzene rings is 2. The van der Waals surface area contributed by atoms with Gasteiger partial charge in [-0.3, -0.25) is 9.78 Å². The van der Waals surface area contributed by atoms with Gasteiger partial charge in [0.25, 0.3) is 17.6 Å². The molecule has 0 fully saturated rings. The number of carbonyl (C=O) groups excluding carboxylic acids is 1. The largest absolute Gasteiger partial charge is 0.412 e. The van der Waals surface area contributed by atoms with Crippen LogP contribution in [0.3, 0.4) is 0 Å². The van der Waals surface area contributed by atoms with Crippen LogP contribution in [0.4, 0.5) is 0 Å². The molecule has 0 aliphatic carbocycles. The van der Waals surface area contributed by atoms with Crippen LogP contribution in [0, 0.1) is 6.92 Å². The summed E-state index contributed by atoms with van der Waals surface area (Å²) in [4.78, 5) is 21.5. The third-order valence-electron chi connectivity index (χ3n) is 5.13. The zero-order valence-corrected chi connectivity index (χ0v) is 19.4. The number of hydrogen-bond acceptors (Lipinski definition) is 6. The van der Waals surface area contributed by atoms with Gasteiger partial charge in [-0.05, 0) is 36.8 Å². The number of ketones is 1. The Kier molecular flexibility index (Phi) is 5.62. The van der Waals surface area contributed by atoms with Gasteiger partial charge in [0.05, 0.1) is 23.8 Å². The highest BCUT2D eigenvalue weighted by atomic mass is 35.5. The number of aryl methyl sites for hydroxylation is 1. The second-order valence-electron chi connectivity index (χ2n) is 7.34. The Morgan fingerprint density at radius 3 is 2.67 bits per heavy atom. The summed E-state index contributed by atoms with van der Waals surface area (Å²) in [6.45, 7) is 2.28. The lowest BCUT2D eigenvalue weighted by molar-refractivity contribution is 0.100. The third-order valence-corrected chi connectivity index (χ3v) is 6.11. The molecule has 5 rings (SSSR count). The van der Waals surface area contributed by atoms with E-state index in [1.165, 1.54) is 18.6 Å². The second-order valence-corrected chi connectivity index (χ2v) is 8.54. The molecule has 0 saturated heterocycles. The highest BCUT2D eigenvalue weighted by Crippen LogP contribution is 2.34. The lowest BCUT2D eigenvalue weighted by atomic mass is 10.1. The Morgan fingerprint density at radius 1 is 1.06 bits per heavy atom. The van der Waals surface area contributed by atoms with Crippen molar-refractivity contribution in [2.24, 2.45) is 0 Å². The molecule has 0 N–H and O–H groups in total. The summed E-state index contributed by atoms with van der Waals surface area (Å²) in [5.74, 6) is -0.586. The summed E-state index contributed by atoms with van der Waals surface area (Å²) in [6.07, 6.45) is 4.49. The number of rotatable bonds is 5. The van der Waals surface area contributed by atoms with E-state index in [1.807, 2.05) is 35.8 Å². The first-order valence-corrected chi connectivity index (χ1v) is 10.9. The van der Waals surface area contributed by atoms with Crippen LogP contribution in [0.1, 0.15) is 27.4 Å². The number of halogens is 3. The van der Waals surface area contributed by atoms with Gasteiger partial charge in [0.15, 0.2) is 0 Å². The fourth-order valence-corrected chi connectivity index (χ4v) is 4.37. The highest BCUT2D eigenvalue weighted by Gasteiger charge is 2.27. The molecule has 0 unspecified atom stereocenters. The molecule has 0 aliphatic heterocycles. The number of nitrogens with zero attached hydrogens (tertiary/aromatic N) is 5. The standard InChI is InChI=1S/C23H14Cl3N5O2/c1-12-2-5-18-15(8-12)19(21(26)31(18)11-13-3-4-14(24)9-16(13)25)20(32)23-30-29-22(33-23)17-10-27-6-7-28-17/h2-10H,11H2,1H3. The first kappa shape index (κ1) is 21.6. The van der Waals surface area contributed by atoms with Crippen molar-refractivity contribution in [3.8, 4) is 11.6 Å². The molecule has 0 spiro atoms. The molecular formula is C23H14Cl3N5O2.